The minimum absolute atomic E-state index is 0.910. The van der Waals surface area contributed by atoms with Gasteiger partial charge in [-0.25, -0.2) is 0 Å². The molecule has 2 nitrogen and oxygen atoms in total. The van der Waals surface area contributed by atoms with E-state index in [0.29, 0.717) is 0 Å². The summed E-state index contributed by atoms with van der Waals surface area (Å²) < 4.78 is 12.7. The van der Waals surface area contributed by atoms with E-state index in [0.717, 1.165) is 43.9 Å². The molecule has 0 spiro atoms. The fourth-order valence-corrected chi connectivity index (χ4v) is 14.6. The second-order valence-corrected chi connectivity index (χ2v) is 23.7. The van der Waals surface area contributed by atoms with Crippen LogP contribution in [0.1, 0.15) is 0 Å². The molecule has 19 aromatic rings. The Morgan fingerprint density at radius 2 is 0.456 bits per heavy atom. The largest absolute Gasteiger partial charge is 0.456 e. The maximum absolute atomic E-state index is 6.39. The van der Waals surface area contributed by atoms with Crippen molar-refractivity contribution in [3.63, 3.8) is 0 Å². The van der Waals surface area contributed by atoms with Crippen molar-refractivity contribution in [2.24, 2.45) is 0 Å². The maximum atomic E-state index is 6.39. The quantitative estimate of drug-likeness (QED) is 0.155. The molecule has 0 radical (unpaired) electrons. The lowest BCUT2D eigenvalue weighted by atomic mass is 9.83. The molecule has 0 unspecified atom stereocenters. The Balaban J connectivity index is 0.000000134. The average Bonchev–Trinajstić information content (AvgIpc) is 0.859. The smallest absolute Gasteiger partial charge is 0.136 e. The first-order valence-corrected chi connectivity index (χ1v) is 30.9. The van der Waals surface area contributed by atoms with Crippen LogP contribution in [0.25, 0.3) is 186 Å². The molecule has 19 rings (SSSR count). The molecule has 0 bridgehead atoms. The Hall–Kier alpha value is -11.8. The number of furan rings is 2. The van der Waals surface area contributed by atoms with Gasteiger partial charge < -0.3 is 8.83 Å². The Morgan fingerprint density at radius 1 is 0.144 bits per heavy atom. The van der Waals surface area contributed by atoms with Crippen LogP contribution in [0.3, 0.4) is 0 Å². The van der Waals surface area contributed by atoms with Gasteiger partial charge in [-0.2, -0.15) is 0 Å². The number of hydrogen-bond acceptors (Lipinski definition) is 2. The van der Waals surface area contributed by atoms with E-state index in [-0.39, 0.29) is 0 Å². The van der Waals surface area contributed by atoms with E-state index in [1.54, 1.807) is 0 Å². The summed E-state index contributed by atoms with van der Waals surface area (Å²) in [7, 11) is 0. The molecule has 90 heavy (non-hydrogen) atoms. The zero-order chi connectivity index (χ0) is 59.2. The highest BCUT2D eigenvalue weighted by atomic mass is 16.3. The zero-order valence-electron chi connectivity index (χ0n) is 49.0. The predicted octanol–water partition coefficient (Wildman–Crippen LogP) is 25.2. The normalized spacial score (nSPS) is 11.8. The Labute approximate surface area is 519 Å². The van der Waals surface area contributed by atoms with E-state index < -0.39 is 0 Å². The van der Waals surface area contributed by atoms with Crippen LogP contribution < -0.4 is 0 Å². The van der Waals surface area contributed by atoms with Crippen LogP contribution in [-0.2, 0) is 0 Å². The van der Waals surface area contributed by atoms with Crippen molar-refractivity contribution in [2.75, 3.05) is 0 Å². The minimum atomic E-state index is 0.910. The van der Waals surface area contributed by atoms with E-state index in [1.807, 2.05) is 0 Å². The molecule has 0 atom stereocenters. The van der Waals surface area contributed by atoms with Crippen molar-refractivity contribution in [3.05, 3.63) is 328 Å². The molecule has 0 aliphatic rings. The van der Waals surface area contributed by atoms with E-state index in [4.69, 9.17) is 8.83 Å². The molecule has 0 aliphatic heterocycles. The van der Waals surface area contributed by atoms with Crippen molar-refractivity contribution in [2.45, 2.75) is 0 Å². The second kappa shape index (κ2) is 21.0. The van der Waals surface area contributed by atoms with Crippen LogP contribution >= 0.6 is 0 Å². The van der Waals surface area contributed by atoms with Crippen LogP contribution in [0, 0.1) is 0 Å². The van der Waals surface area contributed by atoms with Gasteiger partial charge in [-0.05, 0) is 191 Å². The lowest BCUT2D eigenvalue weighted by Crippen LogP contribution is -1.93. The highest BCUT2D eigenvalue weighted by Gasteiger charge is 2.22. The average molecular weight is 1140 g/mol. The standard InChI is InChI=1S/C46H28O.C42H26O/c1-2-14-31-28-44-42(26-30(31)13-1)41-27-32(24-25-43(41)47-44)45-37-19-7-9-21-39(37)46(40-22-10-8-20-38(40)45)36-18-6-5-17-35(36)34-23-11-15-29-12-3-4-16-33(29)34;1-2-10-27(11-3-1)28-18-20-29(21-19-28)41-33-14-6-8-16-35(33)42(36-17-9-7-15-34(36)41)32-22-23-39-37(25-32)38-24-30-12-4-5-13-31(30)26-40(38)43-39/h1-28H;1-26H. The van der Waals surface area contributed by atoms with E-state index >= 15 is 0 Å². The molecular weight excluding hydrogens is 1090 g/mol. The van der Waals surface area contributed by atoms with Gasteiger partial charge in [-0.15, -0.1) is 0 Å². The van der Waals surface area contributed by atoms with Gasteiger partial charge in [0.15, 0.2) is 0 Å². The molecule has 0 fully saturated rings. The first kappa shape index (κ1) is 51.4. The predicted molar refractivity (Wildman–Crippen MR) is 383 cm³/mol. The fourth-order valence-electron chi connectivity index (χ4n) is 14.6. The van der Waals surface area contributed by atoms with Crippen molar-refractivity contribution in [3.8, 4) is 66.8 Å². The summed E-state index contributed by atoms with van der Waals surface area (Å²) in [5.74, 6) is 0. The van der Waals surface area contributed by atoms with Crippen molar-refractivity contribution >= 4 is 119 Å². The summed E-state index contributed by atoms with van der Waals surface area (Å²) in [4.78, 5) is 0. The van der Waals surface area contributed by atoms with Gasteiger partial charge in [-0.1, -0.05) is 279 Å². The summed E-state index contributed by atoms with van der Waals surface area (Å²) >= 11 is 0. The van der Waals surface area contributed by atoms with Gasteiger partial charge >= 0.3 is 0 Å². The summed E-state index contributed by atoms with van der Waals surface area (Å²) in [6, 6.07) is 118. The summed E-state index contributed by atoms with van der Waals surface area (Å²) in [6.07, 6.45) is 0. The molecule has 0 saturated heterocycles. The van der Waals surface area contributed by atoms with Gasteiger partial charge in [0.25, 0.3) is 0 Å². The molecule has 0 aliphatic carbocycles. The lowest BCUT2D eigenvalue weighted by Gasteiger charge is -2.20. The molecule has 418 valence electrons. The van der Waals surface area contributed by atoms with Gasteiger partial charge in [0.2, 0.25) is 0 Å². The Morgan fingerprint density at radius 3 is 0.933 bits per heavy atom. The maximum Gasteiger partial charge on any atom is 0.136 e. The van der Waals surface area contributed by atoms with Crippen LogP contribution in [-0.4, -0.2) is 0 Å². The van der Waals surface area contributed by atoms with E-state index in [1.165, 1.54) is 142 Å². The Bertz CT molecular complexity index is 5960. The van der Waals surface area contributed by atoms with Crippen LogP contribution in [0.5, 0.6) is 0 Å². The van der Waals surface area contributed by atoms with Gasteiger partial charge in [0, 0.05) is 21.5 Å². The fraction of sp³-hybridized carbons (Fsp3) is 0. The van der Waals surface area contributed by atoms with Gasteiger partial charge in [-0.3, -0.25) is 0 Å². The topological polar surface area (TPSA) is 26.3 Å². The number of benzene rings is 17. The molecule has 0 saturated carbocycles. The monoisotopic (exact) mass is 1140 g/mol. The molecule has 2 heteroatoms. The zero-order valence-corrected chi connectivity index (χ0v) is 49.0. The highest BCUT2D eigenvalue weighted by Crippen LogP contribution is 2.49. The minimum Gasteiger partial charge on any atom is -0.456 e. The van der Waals surface area contributed by atoms with E-state index in [9.17, 15) is 0 Å². The van der Waals surface area contributed by atoms with Gasteiger partial charge in [0.05, 0.1) is 0 Å². The number of rotatable bonds is 6. The number of fused-ring (bicyclic) bond motifs is 13. The van der Waals surface area contributed by atoms with Gasteiger partial charge in [0.1, 0.15) is 22.3 Å². The van der Waals surface area contributed by atoms with Crippen molar-refractivity contribution in [1.82, 2.24) is 0 Å². The molecule has 0 N–H and O–H groups in total. The third-order valence-electron chi connectivity index (χ3n) is 18.7. The van der Waals surface area contributed by atoms with E-state index in [2.05, 4.69) is 328 Å². The molecular formula is C88H54O2. The summed E-state index contributed by atoms with van der Waals surface area (Å²) in [5.41, 5.74) is 18.5. The summed E-state index contributed by atoms with van der Waals surface area (Å²) in [5, 5.41) is 21.9. The number of hydrogen-bond donors (Lipinski definition) is 0. The van der Waals surface area contributed by atoms with Crippen molar-refractivity contribution < 1.29 is 8.83 Å². The van der Waals surface area contributed by atoms with Crippen molar-refractivity contribution in [1.29, 1.82) is 0 Å². The third kappa shape index (κ3) is 8.41. The first-order chi connectivity index (χ1) is 44.6. The first-order valence-electron chi connectivity index (χ1n) is 30.9. The Kier molecular flexibility index (Phi) is 12.0. The molecule has 17 aromatic carbocycles. The third-order valence-corrected chi connectivity index (χ3v) is 18.7. The molecule has 2 aromatic heterocycles. The van der Waals surface area contributed by atoms with Crippen LogP contribution in [0.2, 0.25) is 0 Å². The lowest BCUT2D eigenvalue weighted by molar-refractivity contribution is 0.669. The SMILES string of the molecule is c1ccc(-c2c3ccccc3c(-c3ccc4oc5cc6ccccc6cc5c4c3)c3ccccc23)c(-c2cccc3ccccc23)c1.c1ccc(-c2ccc(-c3c4ccccc4c(-c4ccc5oc6cc7ccccc7cc6c5c4)c4ccccc34)cc2)cc1. The van der Waals surface area contributed by atoms with Crippen LogP contribution in [0.4, 0.5) is 0 Å². The summed E-state index contributed by atoms with van der Waals surface area (Å²) in [6.45, 7) is 0. The second-order valence-electron chi connectivity index (χ2n) is 23.7. The molecule has 0 amide bonds. The van der Waals surface area contributed by atoms with Crippen LogP contribution in [0.15, 0.2) is 336 Å². The molecule has 2 heterocycles. The highest BCUT2D eigenvalue weighted by molar-refractivity contribution is 6.25.